The molecule has 4 rings (SSSR count). The summed E-state index contributed by atoms with van der Waals surface area (Å²) in [6.45, 7) is 0.288. The molecule has 2 N–H and O–H groups in total. The Morgan fingerprint density at radius 3 is 2.68 bits per heavy atom. The summed E-state index contributed by atoms with van der Waals surface area (Å²) in [5, 5.41) is 10.5. The Bertz CT molecular complexity index is 853. The van der Waals surface area contributed by atoms with E-state index in [4.69, 9.17) is 0 Å². The van der Waals surface area contributed by atoms with Crippen molar-refractivity contribution in [3.05, 3.63) is 71.4 Å². The molecule has 110 valence electrons. The molecule has 1 aliphatic heterocycles. The third kappa shape index (κ3) is 1.77. The number of carbonyl (C=O) groups excluding carboxylic acids is 1. The number of H-pyrrole nitrogens is 1. The first-order chi connectivity index (χ1) is 10.8. The van der Waals surface area contributed by atoms with Crippen molar-refractivity contribution in [1.82, 2.24) is 9.88 Å². The monoisotopic (exact) mass is 292 g/mol. The lowest BCUT2D eigenvalue weighted by Gasteiger charge is -2.24. The highest BCUT2D eigenvalue weighted by Gasteiger charge is 2.37. The molecule has 0 bridgehead atoms. The Morgan fingerprint density at radius 1 is 1.05 bits per heavy atom. The first kappa shape index (κ1) is 13.1. The average molecular weight is 292 g/mol. The molecule has 3 aromatic rings. The summed E-state index contributed by atoms with van der Waals surface area (Å²) in [5.74, 6) is -0.0140. The topological polar surface area (TPSA) is 56.3 Å². The van der Waals surface area contributed by atoms with E-state index in [1.165, 1.54) is 0 Å². The number of para-hydroxylation sites is 1. The lowest BCUT2D eigenvalue weighted by atomic mass is 9.97. The molecule has 1 aromatic heterocycles. The van der Waals surface area contributed by atoms with Crippen LogP contribution in [0, 0.1) is 0 Å². The molecule has 1 atom stereocenters. The van der Waals surface area contributed by atoms with Gasteiger partial charge in [0, 0.05) is 34.8 Å². The number of aliphatic hydroxyl groups excluding tert-OH is 1. The van der Waals surface area contributed by atoms with Crippen LogP contribution in [0.4, 0.5) is 0 Å². The highest BCUT2D eigenvalue weighted by molar-refractivity contribution is 6.00. The van der Waals surface area contributed by atoms with Crippen LogP contribution in [0.5, 0.6) is 0 Å². The standard InChI is InChI=1S/C18H16N2O2/c21-10-9-20-17(13-6-1-2-7-14(13)18(20)22)15-11-19-16-8-4-3-5-12(15)16/h1-8,11,17,19,21H,9-10H2/t17-/m0/s1. The third-order valence-corrected chi connectivity index (χ3v) is 4.32. The Morgan fingerprint density at radius 2 is 1.82 bits per heavy atom. The van der Waals surface area contributed by atoms with Crippen molar-refractivity contribution < 1.29 is 9.90 Å². The average Bonchev–Trinajstić information content (AvgIpc) is 3.09. The zero-order chi connectivity index (χ0) is 15.1. The van der Waals surface area contributed by atoms with Crippen molar-refractivity contribution in [2.45, 2.75) is 6.04 Å². The van der Waals surface area contributed by atoms with E-state index in [1.807, 2.05) is 48.7 Å². The summed E-state index contributed by atoms with van der Waals surface area (Å²) in [5.41, 5.74) is 3.86. The molecule has 0 saturated carbocycles. The van der Waals surface area contributed by atoms with Gasteiger partial charge in [-0.1, -0.05) is 36.4 Å². The normalized spacial score (nSPS) is 17.2. The highest BCUT2D eigenvalue weighted by Crippen LogP contribution is 2.40. The minimum absolute atomic E-state index is 0.0140. The van der Waals surface area contributed by atoms with E-state index in [0.717, 1.165) is 27.6 Å². The summed E-state index contributed by atoms with van der Waals surface area (Å²) in [7, 11) is 0. The Balaban J connectivity index is 1.93. The SMILES string of the molecule is O=C1c2ccccc2[C@@H](c2c[nH]c3ccccc23)N1CCO. The Hall–Kier alpha value is -2.59. The number of rotatable bonds is 3. The minimum atomic E-state index is -0.146. The Kier molecular flexibility index (Phi) is 2.98. The van der Waals surface area contributed by atoms with E-state index in [2.05, 4.69) is 11.1 Å². The predicted molar refractivity (Wildman–Crippen MR) is 84.7 cm³/mol. The molecule has 0 aliphatic carbocycles. The quantitative estimate of drug-likeness (QED) is 0.780. The fourth-order valence-electron chi connectivity index (χ4n) is 3.36. The molecule has 1 amide bonds. The van der Waals surface area contributed by atoms with E-state index >= 15 is 0 Å². The van der Waals surface area contributed by atoms with Gasteiger partial charge in [0.05, 0.1) is 12.6 Å². The van der Waals surface area contributed by atoms with Crippen LogP contribution >= 0.6 is 0 Å². The molecule has 4 nitrogen and oxygen atoms in total. The number of amides is 1. The predicted octanol–water partition coefficient (Wildman–Crippen LogP) is 2.71. The maximum atomic E-state index is 12.6. The summed E-state index contributed by atoms with van der Waals surface area (Å²) in [4.78, 5) is 17.7. The number of hydrogen-bond donors (Lipinski definition) is 2. The van der Waals surface area contributed by atoms with Crippen molar-refractivity contribution in [2.24, 2.45) is 0 Å². The molecule has 0 spiro atoms. The smallest absolute Gasteiger partial charge is 0.255 e. The molecule has 22 heavy (non-hydrogen) atoms. The van der Waals surface area contributed by atoms with Crippen LogP contribution in [-0.4, -0.2) is 34.0 Å². The van der Waals surface area contributed by atoms with E-state index in [0.29, 0.717) is 6.54 Å². The van der Waals surface area contributed by atoms with Crippen LogP contribution in [0.1, 0.15) is 27.5 Å². The Labute approximate surface area is 128 Å². The van der Waals surface area contributed by atoms with Gasteiger partial charge >= 0.3 is 0 Å². The van der Waals surface area contributed by atoms with E-state index in [9.17, 15) is 9.90 Å². The second-order valence-corrected chi connectivity index (χ2v) is 5.50. The highest BCUT2D eigenvalue weighted by atomic mass is 16.3. The molecule has 2 heterocycles. The number of β-amino-alcohol motifs (C(OH)–C–C–N with tert-alkyl or cyclic N) is 1. The van der Waals surface area contributed by atoms with E-state index in [1.54, 1.807) is 4.90 Å². The van der Waals surface area contributed by atoms with Crippen LogP contribution in [-0.2, 0) is 0 Å². The van der Waals surface area contributed by atoms with Gasteiger partial charge in [0.2, 0.25) is 0 Å². The van der Waals surface area contributed by atoms with Gasteiger partial charge in [0.1, 0.15) is 0 Å². The van der Waals surface area contributed by atoms with Crippen molar-refractivity contribution in [1.29, 1.82) is 0 Å². The number of nitrogens with one attached hydrogen (secondary N) is 1. The number of hydrogen-bond acceptors (Lipinski definition) is 2. The van der Waals surface area contributed by atoms with Crippen molar-refractivity contribution in [3.63, 3.8) is 0 Å². The molecule has 4 heteroatoms. The van der Waals surface area contributed by atoms with Gasteiger partial charge in [-0.3, -0.25) is 4.79 Å². The van der Waals surface area contributed by atoms with Crippen molar-refractivity contribution >= 4 is 16.8 Å². The molecular formula is C18H16N2O2. The summed E-state index contributed by atoms with van der Waals surface area (Å²) < 4.78 is 0. The summed E-state index contributed by atoms with van der Waals surface area (Å²) in [6, 6.07) is 15.6. The van der Waals surface area contributed by atoms with Crippen LogP contribution < -0.4 is 0 Å². The number of benzene rings is 2. The number of fused-ring (bicyclic) bond motifs is 2. The minimum Gasteiger partial charge on any atom is -0.395 e. The second-order valence-electron chi connectivity index (χ2n) is 5.50. The van der Waals surface area contributed by atoms with Gasteiger partial charge in [0.25, 0.3) is 5.91 Å². The molecule has 0 unspecified atom stereocenters. The lowest BCUT2D eigenvalue weighted by Crippen LogP contribution is -2.31. The summed E-state index contributed by atoms with van der Waals surface area (Å²) in [6.07, 6.45) is 1.97. The number of aliphatic hydroxyl groups is 1. The molecule has 1 aliphatic rings. The molecule has 0 fully saturated rings. The van der Waals surface area contributed by atoms with Crippen LogP contribution in [0.3, 0.4) is 0 Å². The number of nitrogens with zero attached hydrogens (tertiary/aromatic N) is 1. The van der Waals surface area contributed by atoms with Crippen LogP contribution in [0.25, 0.3) is 10.9 Å². The van der Waals surface area contributed by atoms with Gasteiger partial charge in [0.15, 0.2) is 0 Å². The van der Waals surface area contributed by atoms with Gasteiger partial charge in [-0.2, -0.15) is 0 Å². The molecule has 2 aromatic carbocycles. The number of carbonyl (C=O) groups is 1. The van der Waals surface area contributed by atoms with Gasteiger partial charge in [-0.15, -0.1) is 0 Å². The fraction of sp³-hybridized carbons (Fsp3) is 0.167. The zero-order valence-electron chi connectivity index (χ0n) is 12.0. The van der Waals surface area contributed by atoms with Gasteiger partial charge < -0.3 is 15.0 Å². The second kappa shape index (κ2) is 5.00. The largest absolute Gasteiger partial charge is 0.395 e. The fourth-order valence-corrected chi connectivity index (χ4v) is 3.36. The molecule has 0 saturated heterocycles. The maximum absolute atomic E-state index is 12.6. The van der Waals surface area contributed by atoms with E-state index < -0.39 is 0 Å². The van der Waals surface area contributed by atoms with Gasteiger partial charge in [-0.25, -0.2) is 0 Å². The molecule has 0 radical (unpaired) electrons. The van der Waals surface area contributed by atoms with Crippen molar-refractivity contribution in [3.8, 4) is 0 Å². The van der Waals surface area contributed by atoms with Crippen LogP contribution in [0.15, 0.2) is 54.7 Å². The third-order valence-electron chi connectivity index (χ3n) is 4.32. The number of aromatic amines is 1. The molecular weight excluding hydrogens is 276 g/mol. The lowest BCUT2D eigenvalue weighted by molar-refractivity contribution is 0.0713. The number of aromatic nitrogens is 1. The van der Waals surface area contributed by atoms with E-state index in [-0.39, 0.29) is 18.6 Å². The summed E-state index contributed by atoms with van der Waals surface area (Å²) >= 11 is 0. The maximum Gasteiger partial charge on any atom is 0.255 e. The van der Waals surface area contributed by atoms with Crippen molar-refractivity contribution in [2.75, 3.05) is 13.2 Å². The van der Waals surface area contributed by atoms with Crippen LogP contribution in [0.2, 0.25) is 0 Å². The van der Waals surface area contributed by atoms with Gasteiger partial charge in [-0.05, 0) is 17.7 Å². The first-order valence-corrected chi connectivity index (χ1v) is 7.38. The first-order valence-electron chi connectivity index (χ1n) is 7.38. The zero-order valence-corrected chi connectivity index (χ0v) is 12.0.